The van der Waals surface area contributed by atoms with E-state index in [0.717, 1.165) is 45.2 Å². The molecule has 0 saturated carbocycles. The quantitative estimate of drug-likeness (QED) is 0.230. The summed E-state index contributed by atoms with van der Waals surface area (Å²) in [5, 5.41) is 2.36. The Bertz CT molecular complexity index is 1990. The number of hydrogen-bond acceptors (Lipinski definition) is 3. The van der Waals surface area contributed by atoms with Crippen molar-refractivity contribution in [3.05, 3.63) is 146 Å². The van der Waals surface area contributed by atoms with Gasteiger partial charge in [0.1, 0.15) is 5.69 Å². The fourth-order valence-electron chi connectivity index (χ4n) is 5.79. The molecule has 0 atom stereocenters. The Morgan fingerprint density at radius 1 is 0.475 bits per heavy atom. The Morgan fingerprint density at radius 3 is 1.90 bits per heavy atom. The molecule has 0 amide bonds. The molecule has 0 aliphatic heterocycles. The Kier molecular flexibility index (Phi) is 5.14. The van der Waals surface area contributed by atoms with Gasteiger partial charge in [-0.3, -0.25) is 0 Å². The second-order valence-corrected chi connectivity index (χ2v) is 10.0. The highest BCUT2D eigenvalue weighted by Crippen LogP contribution is 2.51. The van der Waals surface area contributed by atoms with Crippen molar-refractivity contribution in [2.75, 3.05) is 4.90 Å². The van der Waals surface area contributed by atoms with Crippen molar-refractivity contribution in [1.82, 2.24) is 4.98 Å². The van der Waals surface area contributed by atoms with Crippen molar-refractivity contribution >= 4 is 27.8 Å². The number of aromatic nitrogens is 1. The maximum Gasteiger partial charge on any atom is 0.227 e. The third kappa shape index (κ3) is 3.63. The third-order valence-corrected chi connectivity index (χ3v) is 7.59. The molecule has 0 bridgehead atoms. The molecular formula is C37H24N2O. The maximum atomic E-state index is 6.48. The van der Waals surface area contributed by atoms with Crippen LogP contribution in [0.15, 0.2) is 150 Å². The van der Waals surface area contributed by atoms with Crippen molar-refractivity contribution in [3.63, 3.8) is 0 Å². The Balaban J connectivity index is 1.33. The number of para-hydroxylation sites is 1. The summed E-state index contributed by atoms with van der Waals surface area (Å²) in [6.45, 7) is 0. The summed E-state index contributed by atoms with van der Waals surface area (Å²) in [4.78, 5) is 7.28. The van der Waals surface area contributed by atoms with Gasteiger partial charge in [0, 0.05) is 39.1 Å². The first-order chi connectivity index (χ1) is 19.8. The Labute approximate surface area is 232 Å². The zero-order valence-corrected chi connectivity index (χ0v) is 21.7. The van der Waals surface area contributed by atoms with E-state index in [2.05, 4.69) is 120 Å². The summed E-state index contributed by atoms with van der Waals surface area (Å²) in [6, 6.07) is 50.9. The standard InChI is InChI=1S/C37H24N2O/c1-4-12-25(13-5-1)27-16-10-20-30(22-27)39(29-18-8-3-9-19-29)31-23-28-17-11-21-32-34(28)33(24-31)36-35(32)38-37(40-36)26-14-6-2-7-15-26/h1-24H. The zero-order valence-electron chi connectivity index (χ0n) is 21.7. The van der Waals surface area contributed by atoms with Gasteiger partial charge in [-0.25, -0.2) is 4.98 Å². The van der Waals surface area contributed by atoms with E-state index in [9.17, 15) is 0 Å². The molecule has 1 heterocycles. The number of benzene rings is 6. The third-order valence-electron chi connectivity index (χ3n) is 7.59. The van der Waals surface area contributed by atoms with Gasteiger partial charge in [0.2, 0.25) is 5.89 Å². The van der Waals surface area contributed by atoms with E-state index in [1.807, 2.05) is 30.3 Å². The van der Waals surface area contributed by atoms with Crippen LogP contribution in [-0.2, 0) is 0 Å². The number of oxazole rings is 1. The number of hydrogen-bond donors (Lipinski definition) is 0. The van der Waals surface area contributed by atoms with Crippen molar-refractivity contribution in [3.8, 4) is 45.2 Å². The van der Waals surface area contributed by atoms with Gasteiger partial charge in [0.05, 0.1) is 0 Å². The minimum absolute atomic E-state index is 0.647. The summed E-state index contributed by atoms with van der Waals surface area (Å²) in [5.41, 5.74) is 9.72. The largest absolute Gasteiger partial charge is 0.435 e. The van der Waals surface area contributed by atoms with E-state index >= 15 is 0 Å². The number of nitrogens with zero attached hydrogens (tertiary/aromatic N) is 2. The summed E-state index contributed by atoms with van der Waals surface area (Å²) in [7, 11) is 0. The molecule has 7 aromatic rings. The van der Waals surface area contributed by atoms with Crippen LogP contribution in [0.4, 0.5) is 17.1 Å². The van der Waals surface area contributed by atoms with Gasteiger partial charge in [0.25, 0.3) is 0 Å². The van der Waals surface area contributed by atoms with Gasteiger partial charge >= 0.3 is 0 Å². The SMILES string of the molecule is c1ccc(-c2cccc(N(c3ccccc3)c3cc4c5c(cccc5c3)-c3nc(-c5ccccc5)oc3-4)c2)cc1. The highest BCUT2D eigenvalue weighted by atomic mass is 16.4. The molecular weight excluding hydrogens is 488 g/mol. The summed E-state index contributed by atoms with van der Waals surface area (Å²) < 4.78 is 6.48. The molecule has 0 fully saturated rings. The van der Waals surface area contributed by atoms with Gasteiger partial charge < -0.3 is 9.32 Å². The lowest BCUT2D eigenvalue weighted by atomic mass is 10.0. The first kappa shape index (κ1) is 22.6. The van der Waals surface area contributed by atoms with Gasteiger partial charge in [-0.05, 0) is 65.0 Å². The molecule has 0 N–H and O–H groups in total. The monoisotopic (exact) mass is 512 g/mol. The van der Waals surface area contributed by atoms with Gasteiger partial charge in [-0.1, -0.05) is 97.1 Å². The number of rotatable bonds is 5. The highest BCUT2D eigenvalue weighted by Gasteiger charge is 2.29. The summed E-state index contributed by atoms with van der Waals surface area (Å²) in [5.74, 6) is 1.48. The van der Waals surface area contributed by atoms with Crippen LogP contribution >= 0.6 is 0 Å². The second-order valence-electron chi connectivity index (χ2n) is 10.0. The van der Waals surface area contributed by atoms with Crippen LogP contribution < -0.4 is 4.90 Å². The minimum Gasteiger partial charge on any atom is -0.435 e. The molecule has 8 rings (SSSR count). The lowest BCUT2D eigenvalue weighted by Crippen LogP contribution is -2.10. The molecule has 1 aromatic heterocycles. The molecule has 40 heavy (non-hydrogen) atoms. The lowest BCUT2D eigenvalue weighted by Gasteiger charge is -2.26. The first-order valence-corrected chi connectivity index (χ1v) is 13.5. The van der Waals surface area contributed by atoms with Crippen LogP contribution in [0, 0.1) is 0 Å². The van der Waals surface area contributed by atoms with Crippen LogP contribution in [0.2, 0.25) is 0 Å². The van der Waals surface area contributed by atoms with Crippen LogP contribution in [-0.4, -0.2) is 4.98 Å². The van der Waals surface area contributed by atoms with E-state index in [1.165, 1.54) is 21.9 Å². The molecule has 0 unspecified atom stereocenters. The molecule has 1 aliphatic carbocycles. The number of fused-ring (bicyclic) bond motifs is 3. The van der Waals surface area contributed by atoms with E-state index in [1.54, 1.807) is 0 Å². The highest BCUT2D eigenvalue weighted by molar-refractivity contribution is 6.15. The zero-order chi connectivity index (χ0) is 26.5. The molecule has 3 nitrogen and oxygen atoms in total. The van der Waals surface area contributed by atoms with E-state index in [0.29, 0.717) is 5.89 Å². The Morgan fingerprint density at radius 2 is 1.12 bits per heavy atom. The smallest absolute Gasteiger partial charge is 0.227 e. The number of anilines is 3. The Hall–Kier alpha value is -5.41. The van der Waals surface area contributed by atoms with Crippen LogP contribution in [0.3, 0.4) is 0 Å². The topological polar surface area (TPSA) is 29.3 Å². The fraction of sp³-hybridized carbons (Fsp3) is 0. The molecule has 0 saturated heterocycles. The predicted octanol–water partition coefficient (Wildman–Crippen LogP) is 10.3. The van der Waals surface area contributed by atoms with E-state index in [4.69, 9.17) is 9.40 Å². The van der Waals surface area contributed by atoms with E-state index in [-0.39, 0.29) is 0 Å². The van der Waals surface area contributed by atoms with Crippen LogP contribution in [0.5, 0.6) is 0 Å². The minimum atomic E-state index is 0.647. The average molecular weight is 513 g/mol. The van der Waals surface area contributed by atoms with Gasteiger partial charge in [-0.2, -0.15) is 0 Å². The molecule has 1 aliphatic rings. The maximum absolute atomic E-state index is 6.48. The van der Waals surface area contributed by atoms with Crippen LogP contribution in [0.25, 0.3) is 55.9 Å². The van der Waals surface area contributed by atoms with Crippen molar-refractivity contribution in [2.45, 2.75) is 0 Å². The van der Waals surface area contributed by atoms with Crippen molar-refractivity contribution < 1.29 is 4.42 Å². The average Bonchev–Trinajstić information content (AvgIpc) is 3.59. The molecule has 0 spiro atoms. The van der Waals surface area contributed by atoms with Crippen molar-refractivity contribution in [1.29, 1.82) is 0 Å². The lowest BCUT2D eigenvalue weighted by molar-refractivity contribution is 0.590. The van der Waals surface area contributed by atoms with Gasteiger partial charge in [0.15, 0.2) is 5.76 Å². The summed E-state index contributed by atoms with van der Waals surface area (Å²) >= 11 is 0. The van der Waals surface area contributed by atoms with Crippen molar-refractivity contribution in [2.24, 2.45) is 0 Å². The van der Waals surface area contributed by atoms with Gasteiger partial charge in [-0.15, -0.1) is 0 Å². The molecule has 3 heteroatoms. The molecule has 188 valence electrons. The molecule has 6 aromatic carbocycles. The normalized spacial score (nSPS) is 11.5. The van der Waals surface area contributed by atoms with E-state index < -0.39 is 0 Å². The second kappa shape index (κ2) is 9.11. The predicted molar refractivity (Wildman–Crippen MR) is 164 cm³/mol. The van der Waals surface area contributed by atoms with Crippen LogP contribution in [0.1, 0.15) is 0 Å². The summed E-state index contributed by atoms with van der Waals surface area (Å²) in [6.07, 6.45) is 0. The molecule has 0 radical (unpaired) electrons. The first-order valence-electron chi connectivity index (χ1n) is 13.5. The fourth-order valence-corrected chi connectivity index (χ4v) is 5.79.